The molecule has 1 aromatic carbocycles. The molecule has 5 heteroatoms. The first-order valence-corrected chi connectivity index (χ1v) is 3.80. The maximum Gasteiger partial charge on any atom is 0.270 e. The summed E-state index contributed by atoms with van der Waals surface area (Å²) < 4.78 is 47.3. The van der Waals surface area contributed by atoms with Gasteiger partial charge in [0.25, 0.3) is 6.43 Å². The summed E-state index contributed by atoms with van der Waals surface area (Å²) in [7, 11) is 2.41. The minimum Gasteiger partial charge on any atom is -0.496 e. The third-order valence-electron chi connectivity index (χ3n) is 1.76. The Morgan fingerprint density at radius 1 is 1.07 bits per heavy atom. The van der Waals surface area contributed by atoms with Crippen LogP contribution in [0.3, 0.4) is 0 Å². The van der Waals surface area contributed by atoms with Gasteiger partial charge in [0.2, 0.25) is 0 Å². The Balaban J connectivity index is 3.31. The van der Waals surface area contributed by atoms with Crippen LogP contribution in [0.2, 0.25) is 0 Å². The van der Waals surface area contributed by atoms with Gasteiger partial charge in [0.05, 0.1) is 19.8 Å². The molecule has 0 bridgehead atoms. The predicted octanol–water partition coefficient (Wildman–Crippen LogP) is 2.78. The Morgan fingerprint density at radius 2 is 1.57 bits per heavy atom. The SMILES string of the molecule is COc1ccc(OC)c(C(F)F)c1F. The summed E-state index contributed by atoms with van der Waals surface area (Å²) in [6, 6.07) is 2.48. The molecule has 0 aliphatic carbocycles. The molecule has 0 fully saturated rings. The Hall–Kier alpha value is -1.39. The Kier molecular flexibility index (Phi) is 3.22. The molecule has 0 spiro atoms. The van der Waals surface area contributed by atoms with Gasteiger partial charge in [-0.1, -0.05) is 0 Å². The number of hydrogen-bond donors (Lipinski definition) is 0. The Bertz CT molecular complexity index is 326. The van der Waals surface area contributed by atoms with Crippen molar-refractivity contribution in [1.29, 1.82) is 0 Å². The molecule has 0 saturated heterocycles. The largest absolute Gasteiger partial charge is 0.496 e. The van der Waals surface area contributed by atoms with Gasteiger partial charge in [0.15, 0.2) is 11.6 Å². The molecule has 0 aromatic heterocycles. The molecule has 0 heterocycles. The molecule has 0 aliphatic rings. The number of methoxy groups -OCH3 is 2. The third-order valence-corrected chi connectivity index (χ3v) is 1.76. The number of rotatable bonds is 3. The first-order chi connectivity index (χ1) is 6.61. The average Bonchev–Trinajstić information content (AvgIpc) is 2.16. The van der Waals surface area contributed by atoms with Crippen molar-refractivity contribution >= 4 is 0 Å². The highest BCUT2D eigenvalue weighted by molar-refractivity contribution is 5.42. The minimum atomic E-state index is -2.93. The summed E-state index contributed by atoms with van der Waals surface area (Å²) in [4.78, 5) is 0. The van der Waals surface area contributed by atoms with Crippen LogP contribution in [0.25, 0.3) is 0 Å². The van der Waals surface area contributed by atoms with Crippen LogP contribution < -0.4 is 9.47 Å². The lowest BCUT2D eigenvalue weighted by Gasteiger charge is -2.11. The molecule has 0 amide bonds. The van der Waals surface area contributed by atoms with Gasteiger partial charge in [-0.3, -0.25) is 0 Å². The zero-order valence-corrected chi connectivity index (χ0v) is 7.68. The van der Waals surface area contributed by atoms with Gasteiger partial charge in [0, 0.05) is 0 Å². The summed E-state index contributed by atoms with van der Waals surface area (Å²) in [5, 5.41) is 0. The van der Waals surface area contributed by atoms with Gasteiger partial charge in [-0.2, -0.15) is 0 Å². The molecule has 78 valence electrons. The summed E-state index contributed by atoms with van der Waals surface area (Å²) in [5.41, 5.74) is -0.771. The van der Waals surface area contributed by atoms with Crippen LogP contribution in [0.15, 0.2) is 12.1 Å². The first-order valence-electron chi connectivity index (χ1n) is 3.80. The predicted molar refractivity (Wildman–Crippen MR) is 44.5 cm³/mol. The van der Waals surface area contributed by atoms with Gasteiger partial charge in [0.1, 0.15) is 5.75 Å². The van der Waals surface area contributed by atoms with E-state index in [0.717, 1.165) is 0 Å². The third kappa shape index (κ3) is 1.76. The van der Waals surface area contributed by atoms with E-state index in [2.05, 4.69) is 9.47 Å². The van der Waals surface area contributed by atoms with Crippen LogP contribution in [0.1, 0.15) is 12.0 Å². The second kappa shape index (κ2) is 4.21. The smallest absolute Gasteiger partial charge is 0.270 e. The molecule has 1 aromatic rings. The fourth-order valence-corrected chi connectivity index (χ4v) is 1.09. The molecular weight excluding hydrogens is 197 g/mol. The number of benzene rings is 1. The van der Waals surface area contributed by atoms with Crippen LogP contribution >= 0.6 is 0 Å². The van der Waals surface area contributed by atoms with Crippen molar-refractivity contribution in [3.8, 4) is 11.5 Å². The van der Waals surface area contributed by atoms with Crippen molar-refractivity contribution in [2.45, 2.75) is 6.43 Å². The second-order valence-corrected chi connectivity index (χ2v) is 2.50. The van der Waals surface area contributed by atoms with Crippen molar-refractivity contribution in [2.24, 2.45) is 0 Å². The molecule has 0 unspecified atom stereocenters. The fourth-order valence-electron chi connectivity index (χ4n) is 1.09. The summed E-state index contributed by atoms with van der Waals surface area (Å²) >= 11 is 0. The highest BCUT2D eigenvalue weighted by Gasteiger charge is 2.22. The molecule has 0 saturated carbocycles. The first kappa shape index (κ1) is 10.7. The zero-order chi connectivity index (χ0) is 10.7. The topological polar surface area (TPSA) is 18.5 Å². The zero-order valence-electron chi connectivity index (χ0n) is 7.68. The van der Waals surface area contributed by atoms with E-state index in [-0.39, 0.29) is 11.5 Å². The minimum absolute atomic E-state index is 0.182. The van der Waals surface area contributed by atoms with Crippen LogP contribution in [-0.4, -0.2) is 14.2 Å². The van der Waals surface area contributed by atoms with E-state index in [0.29, 0.717) is 0 Å². The molecular formula is C9H9F3O2. The van der Waals surface area contributed by atoms with E-state index in [9.17, 15) is 13.2 Å². The van der Waals surface area contributed by atoms with Gasteiger partial charge >= 0.3 is 0 Å². The van der Waals surface area contributed by atoms with Gasteiger partial charge in [-0.05, 0) is 12.1 Å². The van der Waals surface area contributed by atoms with E-state index in [1.165, 1.54) is 26.4 Å². The van der Waals surface area contributed by atoms with Crippen molar-refractivity contribution in [2.75, 3.05) is 14.2 Å². The highest BCUT2D eigenvalue weighted by Crippen LogP contribution is 2.35. The van der Waals surface area contributed by atoms with Crippen molar-refractivity contribution < 1.29 is 22.6 Å². The van der Waals surface area contributed by atoms with E-state index >= 15 is 0 Å². The van der Waals surface area contributed by atoms with Crippen LogP contribution in [0.5, 0.6) is 11.5 Å². The number of alkyl halides is 2. The normalized spacial score (nSPS) is 10.4. The van der Waals surface area contributed by atoms with Crippen LogP contribution in [0, 0.1) is 5.82 Å². The van der Waals surface area contributed by atoms with Gasteiger partial charge in [-0.25, -0.2) is 13.2 Å². The average molecular weight is 206 g/mol. The Labute approximate surface area is 79.2 Å². The maximum absolute atomic E-state index is 13.3. The monoisotopic (exact) mass is 206 g/mol. The van der Waals surface area contributed by atoms with E-state index in [1.54, 1.807) is 0 Å². The lowest BCUT2D eigenvalue weighted by molar-refractivity contribution is 0.140. The van der Waals surface area contributed by atoms with Crippen molar-refractivity contribution in [3.05, 3.63) is 23.5 Å². The van der Waals surface area contributed by atoms with Crippen LogP contribution in [-0.2, 0) is 0 Å². The highest BCUT2D eigenvalue weighted by atomic mass is 19.3. The molecule has 0 N–H and O–H groups in total. The molecule has 2 nitrogen and oxygen atoms in total. The number of hydrogen-bond acceptors (Lipinski definition) is 2. The summed E-state index contributed by atoms with van der Waals surface area (Å²) in [6.45, 7) is 0. The van der Waals surface area contributed by atoms with Gasteiger partial charge < -0.3 is 9.47 Å². The number of halogens is 3. The maximum atomic E-state index is 13.3. The Morgan fingerprint density at radius 3 is 2.00 bits per heavy atom. The standard InChI is InChI=1S/C9H9F3O2/c1-13-5-3-4-6(14-2)8(10)7(5)9(11)12/h3-4,9H,1-2H3. The van der Waals surface area contributed by atoms with Crippen LogP contribution in [0.4, 0.5) is 13.2 Å². The molecule has 0 atom stereocenters. The van der Waals surface area contributed by atoms with E-state index in [4.69, 9.17) is 0 Å². The lowest BCUT2D eigenvalue weighted by Crippen LogP contribution is -1.99. The molecule has 1 rings (SSSR count). The quantitative estimate of drug-likeness (QED) is 0.757. The van der Waals surface area contributed by atoms with Gasteiger partial charge in [-0.15, -0.1) is 0 Å². The number of ether oxygens (including phenoxy) is 2. The molecule has 14 heavy (non-hydrogen) atoms. The molecule has 0 radical (unpaired) electrons. The van der Waals surface area contributed by atoms with E-state index in [1.807, 2.05) is 0 Å². The second-order valence-electron chi connectivity index (χ2n) is 2.50. The molecule has 0 aliphatic heterocycles. The summed E-state index contributed by atoms with van der Waals surface area (Å²) in [5.74, 6) is -1.48. The summed E-state index contributed by atoms with van der Waals surface area (Å²) in [6.07, 6.45) is -2.93. The fraction of sp³-hybridized carbons (Fsp3) is 0.333. The van der Waals surface area contributed by atoms with Crippen molar-refractivity contribution in [3.63, 3.8) is 0 Å². The van der Waals surface area contributed by atoms with Crippen molar-refractivity contribution in [1.82, 2.24) is 0 Å². The van der Waals surface area contributed by atoms with E-state index < -0.39 is 17.8 Å². The lowest BCUT2D eigenvalue weighted by atomic mass is 10.2.